The first-order valence-electron chi connectivity index (χ1n) is 6.78. The van der Waals surface area contributed by atoms with Crippen molar-refractivity contribution in [3.05, 3.63) is 17.8 Å². The smallest absolute Gasteiger partial charge is 0.153 e. The highest BCUT2D eigenvalue weighted by molar-refractivity contribution is 5.70. The van der Waals surface area contributed by atoms with Crippen LogP contribution in [0.2, 0.25) is 0 Å². The molecule has 5 nitrogen and oxygen atoms in total. The zero-order valence-electron chi connectivity index (χ0n) is 10.9. The lowest BCUT2D eigenvalue weighted by Gasteiger charge is -2.33. The highest BCUT2D eigenvalue weighted by Gasteiger charge is 2.41. The monoisotopic (exact) mass is 258 g/mol. The number of nitrogens with two attached hydrogens (primary N) is 1. The van der Waals surface area contributed by atoms with Crippen molar-refractivity contribution in [2.45, 2.75) is 31.3 Å². The van der Waals surface area contributed by atoms with Gasteiger partial charge in [-0.3, -0.25) is 0 Å². The van der Waals surface area contributed by atoms with Crippen LogP contribution in [0.3, 0.4) is 0 Å². The summed E-state index contributed by atoms with van der Waals surface area (Å²) in [4.78, 5) is 6.50. The van der Waals surface area contributed by atoms with E-state index in [1.807, 2.05) is 0 Å². The van der Waals surface area contributed by atoms with Crippen LogP contribution in [-0.4, -0.2) is 30.3 Å². The second-order valence-corrected chi connectivity index (χ2v) is 5.37. The molecule has 0 bridgehead atoms. The van der Waals surface area contributed by atoms with Crippen LogP contribution in [0.4, 0.5) is 11.5 Å². The maximum absolute atomic E-state index is 9.03. The van der Waals surface area contributed by atoms with E-state index < -0.39 is 0 Å². The molecule has 2 aliphatic heterocycles. The van der Waals surface area contributed by atoms with Crippen LogP contribution in [0.5, 0.6) is 0 Å². The van der Waals surface area contributed by atoms with Crippen LogP contribution in [0, 0.1) is 11.3 Å². The second-order valence-electron chi connectivity index (χ2n) is 5.37. The minimum Gasteiger partial charge on any atom is -0.395 e. The molecule has 5 heteroatoms. The van der Waals surface area contributed by atoms with Crippen molar-refractivity contribution < 1.29 is 4.74 Å². The fourth-order valence-corrected chi connectivity index (χ4v) is 3.07. The van der Waals surface area contributed by atoms with Crippen LogP contribution in [0.1, 0.15) is 31.2 Å². The van der Waals surface area contributed by atoms with Crippen molar-refractivity contribution >= 4 is 11.5 Å². The molecule has 0 amide bonds. The van der Waals surface area contributed by atoms with Crippen molar-refractivity contribution in [1.82, 2.24) is 4.98 Å². The number of nitriles is 1. The second kappa shape index (κ2) is 4.71. The molecule has 100 valence electrons. The van der Waals surface area contributed by atoms with Crippen LogP contribution in [0.15, 0.2) is 12.3 Å². The molecular weight excluding hydrogens is 240 g/mol. The standard InChI is InChI=1S/C14H18N4O/c15-9-11-3-6-17-13(12(11)16)18-7-5-14(10-18)4-1-2-8-19-14/h3,6H,1-2,4-5,7-8,10,16H2. The van der Waals surface area contributed by atoms with E-state index in [-0.39, 0.29) is 5.60 Å². The van der Waals surface area contributed by atoms with Gasteiger partial charge in [0.15, 0.2) is 5.82 Å². The first-order chi connectivity index (χ1) is 9.24. The normalized spacial score (nSPS) is 26.6. The average Bonchev–Trinajstić information content (AvgIpc) is 2.83. The molecule has 0 radical (unpaired) electrons. The number of anilines is 2. The summed E-state index contributed by atoms with van der Waals surface area (Å²) in [6.07, 6.45) is 6.17. The Hall–Kier alpha value is -1.80. The maximum atomic E-state index is 9.03. The number of nitrogen functional groups attached to an aromatic ring is 1. The molecule has 1 aromatic rings. The number of aromatic nitrogens is 1. The van der Waals surface area contributed by atoms with Gasteiger partial charge in [0.1, 0.15) is 6.07 Å². The third-order valence-corrected chi connectivity index (χ3v) is 4.14. The topological polar surface area (TPSA) is 75.2 Å². The number of hydrogen-bond acceptors (Lipinski definition) is 5. The first-order valence-corrected chi connectivity index (χ1v) is 6.78. The molecule has 0 aromatic carbocycles. The van der Waals surface area contributed by atoms with E-state index in [9.17, 15) is 0 Å². The molecule has 1 atom stereocenters. The van der Waals surface area contributed by atoms with Crippen molar-refractivity contribution in [3.8, 4) is 6.07 Å². The maximum Gasteiger partial charge on any atom is 0.153 e. The van der Waals surface area contributed by atoms with Gasteiger partial charge in [0.25, 0.3) is 0 Å². The molecule has 3 heterocycles. The van der Waals surface area contributed by atoms with Gasteiger partial charge in [0.05, 0.1) is 16.9 Å². The molecule has 2 N–H and O–H groups in total. The quantitative estimate of drug-likeness (QED) is 0.829. The SMILES string of the molecule is N#Cc1ccnc(N2CCC3(CCCCO3)C2)c1N. The predicted octanol–water partition coefficient (Wildman–Crippen LogP) is 1.68. The number of nitrogens with zero attached hydrogens (tertiary/aromatic N) is 3. The fraction of sp³-hybridized carbons (Fsp3) is 0.571. The van der Waals surface area contributed by atoms with Crippen LogP contribution in [0.25, 0.3) is 0 Å². The summed E-state index contributed by atoms with van der Waals surface area (Å²) >= 11 is 0. The van der Waals surface area contributed by atoms with E-state index in [2.05, 4.69) is 16.0 Å². The molecule has 2 saturated heterocycles. The summed E-state index contributed by atoms with van der Waals surface area (Å²) in [6, 6.07) is 3.76. The van der Waals surface area contributed by atoms with Gasteiger partial charge >= 0.3 is 0 Å². The Balaban J connectivity index is 1.83. The average molecular weight is 258 g/mol. The van der Waals surface area contributed by atoms with Crippen LogP contribution >= 0.6 is 0 Å². The molecule has 2 fully saturated rings. The van der Waals surface area contributed by atoms with Gasteiger partial charge in [-0.1, -0.05) is 0 Å². The van der Waals surface area contributed by atoms with E-state index in [4.69, 9.17) is 15.7 Å². The Morgan fingerprint density at radius 2 is 2.32 bits per heavy atom. The van der Waals surface area contributed by atoms with Crippen molar-refractivity contribution in [1.29, 1.82) is 5.26 Å². The van der Waals surface area contributed by atoms with Crippen molar-refractivity contribution in [3.63, 3.8) is 0 Å². The number of pyridine rings is 1. The van der Waals surface area contributed by atoms with E-state index in [1.54, 1.807) is 12.3 Å². The Kier molecular flexibility index (Phi) is 3.03. The number of rotatable bonds is 1. The van der Waals surface area contributed by atoms with Crippen LogP contribution in [-0.2, 0) is 4.74 Å². The van der Waals surface area contributed by atoms with Gasteiger partial charge in [0.2, 0.25) is 0 Å². The lowest BCUT2D eigenvalue weighted by atomic mass is 9.93. The summed E-state index contributed by atoms with van der Waals surface area (Å²) in [7, 11) is 0. The van der Waals surface area contributed by atoms with Gasteiger partial charge in [-0.05, 0) is 31.7 Å². The summed E-state index contributed by atoms with van der Waals surface area (Å²) in [6.45, 7) is 2.58. The zero-order valence-corrected chi connectivity index (χ0v) is 10.9. The Bertz CT molecular complexity index is 517. The van der Waals surface area contributed by atoms with Crippen molar-refractivity contribution in [2.24, 2.45) is 0 Å². The van der Waals surface area contributed by atoms with Gasteiger partial charge < -0.3 is 15.4 Å². The molecule has 0 saturated carbocycles. The first kappa shape index (κ1) is 12.2. The molecule has 3 rings (SSSR count). The lowest BCUT2D eigenvalue weighted by molar-refractivity contribution is -0.0621. The summed E-state index contributed by atoms with van der Waals surface area (Å²) in [5, 5.41) is 9.03. The van der Waals surface area contributed by atoms with Gasteiger partial charge in [0, 0.05) is 25.9 Å². The van der Waals surface area contributed by atoms with Gasteiger partial charge in [-0.2, -0.15) is 5.26 Å². The molecule has 1 aromatic heterocycles. The summed E-state index contributed by atoms with van der Waals surface area (Å²) < 4.78 is 6.00. The minimum absolute atomic E-state index is 0.0188. The fourth-order valence-electron chi connectivity index (χ4n) is 3.07. The minimum atomic E-state index is -0.0188. The van der Waals surface area contributed by atoms with E-state index in [0.29, 0.717) is 11.3 Å². The Morgan fingerprint density at radius 3 is 3.05 bits per heavy atom. The Morgan fingerprint density at radius 1 is 1.42 bits per heavy atom. The number of ether oxygens (including phenoxy) is 1. The highest BCUT2D eigenvalue weighted by Crippen LogP contribution is 2.37. The van der Waals surface area contributed by atoms with Gasteiger partial charge in [-0.25, -0.2) is 4.98 Å². The van der Waals surface area contributed by atoms with E-state index in [1.165, 1.54) is 6.42 Å². The van der Waals surface area contributed by atoms with E-state index in [0.717, 1.165) is 44.8 Å². The molecule has 1 spiro atoms. The molecular formula is C14H18N4O. The zero-order chi connectivity index (χ0) is 13.3. The molecule has 1 unspecified atom stereocenters. The third kappa shape index (κ3) is 2.13. The molecule has 19 heavy (non-hydrogen) atoms. The summed E-state index contributed by atoms with van der Waals surface area (Å²) in [5.41, 5.74) is 6.99. The lowest BCUT2D eigenvalue weighted by Crippen LogP contribution is -2.39. The highest BCUT2D eigenvalue weighted by atomic mass is 16.5. The van der Waals surface area contributed by atoms with Crippen molar-refractivity contribution in [2.75, 3.05) is 30.3 Å². The number of hydrogen-bond donors (Lipinski definition) is 1. The summed E-state index contributed by atoms with van der Waals surface area (Å²) in [5.74, 6) is 0.727. The molecule has 0 aliphatic carbocycles. The van der Waals surface area contributed by atoms with Gasteiger partial charge in [-0.15, -0.1) is 0 Å². The molecule has 2 aliphatic rings. The third-order valence-electron chi connectivity index (χ3n) is 4.14. The predicted molar refractivity (Wildman–Crippen MR) is 72.7 cm³/mol. The largest absolute Gasteiger partial charge is 0.395 e. The van der Waals surface area contributed by atoms with E-state index >= 15 is 0 Å². The van der Waals surface area contributed by atoms with Crippen LogP contribution < -0.4 is 10.6 Å². The Labute approximate surface area is 113 Å².